The van der Waals surface area contributed by atoms with Crippen LogP contribution in [0.15, 0.2) is 47.6 Å². The van der Waals surface area contributed by atoms with Gasteiger partial charge in [-0.15, -0.1) is 0 Å². The van der Waals surface area contributed by atoms with Crippen molar-refractivity contribution >= 4 is 23.6 Å². The van der Waals surface area contributed by atoms with Crippen molar-refractivity contribution in [2.75, 3.05) is 31.7 Å². The molecular formula is C23H20F7N3O4. The Balaban J connectivity index is 2.10. The van der Waals surface area contributed by atoms with Gasteiger partial charge in [-0.05, 0) is 36.4 Å². The SMILES string of the molecule is CN(C(=O)Oc1c(/C(C=NCC2(O)COC2)=C/N)cc(C(F)(F)F)cc1C(F)(F)F)c1ccc(F)cc1. The zero-order valence-corrected chi connectivity index (χ0v) is 19.0. The fourth-order valence-electron chi connectivity index (χ4n) is 3.20. The minimum atomic E-state index is -5.38. The molecule has 2 aromatic carbocycles. The normalized spacial score (nSPS) is 16.0. The number of amides is 1. The molecule has 0 aromatic heterocycles. The molecule has 0 bridgehead atoms. The average Bonchev–Trinajstić information content (AvgIpc) is 2.79. The number of anilines is 1. The molecule has 3 rings (SSSR count). The third-order valence-corrected chi connectivity index (χ3v) is 5.25. The Bertz CT molecular complexity index is 1200. The van der Waals surface area contributed by atoms with Gasteiger partial charge in [-0.1, -0.05) is 0 Å². The molecule has 1 amide bonds. The van der Waals surface area contributed by atoms with Crippen molar-refractivity contribution < 1.29 is 50.1 Å². The summed E-state index contributed by atoms with van der Waals surface area (Å²) in [6.45, 7) is -0.406. The van der Waals surface area contributed by atoms with Crippen molar-refractivity contribution in [1.29, 1.82) is 0 Å². The minimum Gasteiger partial charge on any atom is -0.409 e. The van der Waals surface area contributed by atoms with Crippen LogP contribution in [0.1, 0.15) is 16.7 Å². The lowest BCUT2D eigenvalue weighted by Crippen LogP contribution is -2.52. The van der Waals surface area contributed by atoms with Crippen molar-refractivity contribution in [2.24, 2.45) is 10.7 Å². The molecule has 0 unspecified atom stereocenters. The van der Waals surface area contributed by atoms with E-state index in [2.05, 4.69) is 4.99 Å². The maximum atomic E-state index is 13.9. The lowest BCUT2D eigenvalue weighted by Gasteiger charge is -2.34. The van der Waals surface area contributed by atoms with E-state index in [0.29, 0.717) is 12.3 Å². The first-order valence-corrected chi connectivity index (χ1v) is 10.4. The molecule has 3 N–H and O–H groups in total. The van der Waals surface area contributed by atoms with E-state index in [9.17, 15) is 40.6 Å². The molecular weight excluding hydrogens is 515 g/mol. The van der Waals surface area contributed by atoms with E-state index in [1.54, 1.807) is 0 Å². The standard InChI is InChI=1S/C23H20F7N3O4/c1-33(16-4-2-15(24)3-5-16)20(34)37-19-17(13(8-31)9-32-10-21(35)11-36-12-21)6-14(22(25,26)27)7-18(19)23(28,29)30/h2-9,35H,10-12,31H2,1H3/b13-8+,32-9?. The molecule has 0 saturated carbocycles. The molecule has 1 aliphatic rings. The van der Waals surface area contributed by atoms with E-state index in [4.69, 9.17) is 15.2 Å². The van der Waals surface area contributed by atoms with E-state index in [1.807, 2.05) is 0 Å². The molecule has 14 heteroatoms. The number of carbonyl (C=O) groups is 1. The van der Waals surface area contributed by atoms with Gasteiger partial charge in [0.1, 0.15) is 11.4 Å². The monoisotopic (exact) mass is 535 g/mol. The molecule has 200 valence electrons. The number of carbonyl (C=O) groups excluding carboxylic acids is 1. The molecule has 2 aromatic rings. The van der Waals surface area contributed by atoms with Gasteiger partial charge in [-0.2, -0.15) is 26.3 Å². The predicted molar refractivity (Wildman–Crippen MR) is 119 cm³/mol. The molecule has 0 spiro atoms. The van der Waals surface area contributed by atoms with Crippen LogP contribution in [0.3, 0.4) is 0 Å². The van der Waals surface area contributed by atoms with Crippen LogP contribution in [0.5, 0.6) is 5.75 Å². The Hall–Kier alpha value is -3.65. The molecule has 1 aliphatic heterocycles. The van der Waals surface area contributed by atoms with Gasteiger partial charge < -0.3 is 20.3 Å². The average molecular weight is 535 g/mol. The van der Waals surface area contributed by atoms with E-state index >= 15 is 0 Å². The summed E-state index contributed by atoms with van der Waals surface area (Å²) in [6, 6.07) is 4.39. The van der Waals surface area contributed by atoms with Crippen LogP contribution in [-0.4, -0.2) is 49.8 Å². The quantitative estimate of drug-likeness (QED) is 0.416. The van der Waals surface area contributed by atoms with Gasteiger partial charge in [0, 0.05) is 36.3 Å². The zero-order chi connectivity index (χ0) is 27.6. The Morgan fingerprint density at radius 2 is 1.78 bits per heavy atom. The van der Waals surface area contributed by atoms with Crippen LogP contribution >= 0.6 is 0 Å². The summed E-state index contributed by atoms with van der Waals surface area (Å²) in [4.78, 5) is 17.3. The van der Waals surface area contributed by atoms with Crippen LogP contribution in [-0.2, 0) is 17.1 Å². The topological polar surface area (TPSA) is 97.4 Å². The van der Waals surface area contributed by atoms with Crippen LogP contribution in [0.4, 0.5) is 41.2 Å². The van der Waals surface area contributed by atoms with Crippen LogP contribution in [0.2, 0.25) is 0 Å². The van der Waals surface area contributed by atoms with Crippen molar-refractivity contribution in [2.45, 2.75) is 18.0 Å². The second kappa shape index (κ2) is 10.4. The van der Waals surface area contributed by atoms with Gasteiger partial charge in [0.25, 0.3) is 0 Å². The molecule has 1 saturated heterocycles. The van der Waals surface area contributed by atoms with Crippen molar-refractivity contribution in [3.8, 4) is 5.75 Å². The highest BCUT2D eigenvalue weighted by Gasteiger charge is 2.42. The van der Waals surface area contributed by atoms with Gasteiger partial charge in [0.2, 0.25) is 0 Å². The van der Waals surface area contributed by atoms with Gasteiger partial charge in [0.05, 0.1) is 30.9 Å². The first-order chi connectivity index (χ1) is 17.1. The van der Waals surface area contributed by atoms with Gasteiger partial charge in [0.15, 0.2) is 5.75 Å². The molecule has 0 aliphatic carbocycles. The number of aliphatic imine (C=N–C) groups is 1. The number of alkyl halides is 6. The maximum absolute atomic E-state index is 13.9. The summed E-state index contributed by atoms with van der Waals surface area (Å²) < 4.78 is 105. The fraction of sp³-hybridized carbons (Fsp3) is 0.304. The Morgan fingerprint density at radius 1 is 1.16 bits per heavy atom. The summed E-state index contributed by atoms with van der Waals surface area (Å²) in [5.74, 6) is -1.90. The lowest BCUT2D eigenvalue weighted by molar-refractivity contribution is -0.170. The third kappa shape index (κ3) is 6.57. The van der Waals surface area contributed by atoms with Crippen LogP contribution in [0.25, 0.3) is 5.57 Å². The number of halogens is 7. The highest BCUT2D eigenvalue weighted by atomic mass is 19.4. The number of ether oxygens (including phenoxy) is 2. The molecule has 0 atom stereocenters. The first kappa shape index (κ1) is 27.9. The van der Waals surface area contributed by atoms with Crippen LogP contribution in [0, 0.1) is 5.82 Å². The van der Waals surface area contributed by atoms with Crippen molar-refractivity contribution in [1.82, 2.24) is 0 Å². The zero-order valence-electron chi connectivity index (χ0n) is 19.0. The van der Waals surface area contributed by atoms with Gasteiger partial charge in [-0.25, -0.2) is 9.18 Å². The van der Waals surface area contributed by atoms with Gasteiger partial charge >= 0.3 is 18.4 Å². The number of hydrogen-bond acceptors (Lipinski definition) is 6. The fourth-order valence-corrected chi connectivity index (χ4v) is 3.20. The summed E-state index contributed by atoms with van der Waals surface area (Å²) in [5, 5.41) is 10.0. The predicted octanol–water partition coefficient (Wildman–Crippen LogP) is 4.63. The molecule has 37 heavy (non-hydrogen) atoms. The highest BCUT2D eigenvalue weighted by molar-refractivity contribution is 6.11. The summed E-state index contributed by atoms with van der Waals surface area (Å²) >= 11 is 0. The Kier molecular flexibility index (Phi) is 7.83. The third-order valence-electron chi connectivity index (χ3n) is 5.25. The largest absolute Gasteiger partial charge is 0.420 e. The second-order valence-corrected chi connectivity index (χ2v) is 8.11. The Morgan fingerprint density at radius 3 is 2.27 bits per heavy atom. The highest BCUT2D eigenvalue weighted by Crippen LogP contribution is 2.44. The number of rotatable bonds is 6. The molecule has 0 radical (unpaired) electrons. The lowest BCUT2D eigenvalue weighted by atomic mass is 9.98. The maximum Gasteiger partial charge on any atom is 0.420 e. The summed E-state index contributed by atoms with van der Waals surface area (Å²) in [5.41, 5.74) is -0.667. The summed E-state index contributed by atoms with van der Waals surface area (Å²) in [6.07, 6.45) is -10.5. The number of aliphatic hydroxyl groups is 1. The second-order valence-electron chi connectivity index (χ2n) is 8.11. The summed E-state index contributed by atoms with van der Waals surface area (Å²) in [7, 11) is 1.11. The number of allylic oxidation sites excluding steroid dienone is 1. The molecule has 7 nitrogen and oxygen atoms in total. The molecule has 1 heterocycles. The first-order valence-electron chi connectivity index (χ1n) is 10.4. The van der Waals surface area contributed by atoms with E-state index < -0.39 is 57.9 Å². The van der Waals surface area contributed by atoms with E-state index in [1.165, 1.54) is 0 Å². The Labute approximate surface area is 205 Å². The smallest absolute Gasteiger partial charge is 0.409 e. The number of nitrogens with zero attached hydrogens (tertiary/aromatic N) is 2. The van der Waals surface area contributed by atoms with Crippen molar-refractivity contribution in [3.05, 3.63) is 65.1 Å². The van der Waals surface area contributed by atoms with E-state index in [0.717, 1.165) is 42.4 Å². The van der Waals surface area contributed by atoms with Crippen molar-refractivity contribution in [3.63, 3.8) is 0 Å². The van der Waals surface area contributed by atoms with Crippen LogP contribution < -0.4 is 15.4 Å². The number of benzene rings is 2. The number of hydrogen-bond donors (Lipinski definition) is 2. The van der Waals surface area contributed by atoms with E-state index in [-0.39, 0.29) is 31.5 Å². The minimum absolute atomic E-state index is 0.0283. The number of nitrogens with two attached hydrogens (primary N) is 1. The van der Waals surface area contributed by atoms with Gasteiger partial charge in [-0.3, -0.25) is 9.89 Å². The molecule has 1 fully saturated rings.